The molecular weight excluding hydrogens is 498 g/mol. The first-order chi connectivity index (χ1) is 17.2. The van der Waals surface area contributed by atoms with E-state index < -0.39 is 29.7 Å². The van der Waals surface area contributed by atoms with Gasteiger partial charge in [0.25, 0.3) is 11.8 Å². The van der Waals surface area contributed by atoms with Crippen molar-refractivity contribution in [3.63, 3.8) is 0 Å². The van der Waals surface area contributed by atoms with Crippen LogP contribution in [0.3, 0.4) is 0 Å². The lowest BCUT2D eigenvalue weighted by Gasteiger charge is -2.32. The zero-order chi connectivity index (χ0) is 27.4. The first-order valence-corrected chi connectivity index (χ1v) is 12.3. The highest BCUT2D eigenvalue weighted by molar-refractivity contribution is 6.57. The summed E-state index contributed by atoms with van der Waals surface area (Å²) in [6.45, 7) is 0.150. The zero-order valence-electron chi connectivity index (χ0n) is 21.2. The van der Waals surface area contributed by atoms with Crippen molar-refractivity contribution in [2.75, 3.05) is 0 Å². The molecule has 0 spiro atoms. The molecule has 1 fully saturated rings. The van der Waals surface area contributed by atoms with Crippen LogP contribution in [0.1, 0.15) is 45.8 Å². The minimum Gasteiger partial charge on any atom is -0.389 e. The molecule has 4 amide bonds. The number of halogens is 3. The van der Waals surface area contributed by atoms with Gasteiger partial charge in [0.1, 0.15) is 37.4 Å². The van der Waals surface area contributed by atoms with Crippen LogP contribution in [-0.2, 0) is 26.9 Å². The Labute approximate surface area is 222 Å². The normalized spacial score (nSPS) is 18.4. The molecule has 2 heterocycles. The Bertz CT molecular complexity index is 1360. The summed E-state index contributed by atoms with van der Waals surface area (Å²) in [5.74, 6) is -7.07. The number of rotatable bonds is 5. The maximum absolute atomic E-state index is 15.6. The molecule has 1 N–H and O–H groups in total. The molecule has 2 aliphatic rings. The van der Waals surface area contributed by atoms with E-state index in [9.17, 15) is 19.2 Å². The van der Waals surface area contributed by atoms with E-state index in [1.54, 1.807) is 33.9 Å². The van der Waals surface area contributed by atoms with Crippen LogP contribution < -0.4 is 21.7 Å². The lowest BCUT2D eigenvalue weighted by molar-refractivity contribution is -0.154. The third kappa shape index (κ3) is 4.60. The van der Waals surface area contributed by atoms with Gasteiger partial charge in [0.2, 0.25) is 19.8 Å². The summed E-state index contributed by atoms with van der Waals surface area (Å²) in [4.78, 5) is 52.2. The highest BCUT2D eigenvalue weighted by Gasteiger charge is 2.46. The number of nitrogens with one attached hydrogen (secondary N) is 1. The minimum atomic E-state index is -3.78. The number of amides is 4. The molecule has 0 saturated carbocycles. The van der Waals surface area contributed by atoms with Crippen molar-refractivity contribution in [3.8, 4) is 0 Å². The average Bonchev–Trinajstić information content (AvgIpc) is 3.16. The second-order valence-corrected chi connectivity index (χ2v) is 10.2. The van der Waals surface area contributed by atoms with Gasteiger partial charge in [-0.25, -0.2) is 0 Å². The number of nitrogens with zero attached hydrogens (tertiary/aromatic N) is 2. The third-order valence-corrected chi connectivity index (χ3v) is 7.94. The highest BCUT2D eigenvalue weighted by atomic mass is 35.5. The van der Waals surface area contributed by atoms with Gasteiger partial charge in [0, 0.05) is 35.1 Å². The summed E-state index contributed by atoms with van der Waals surface area (Å²) < 4.78 is 31.1. The van der Waals surface area contributed by atoms with Crippen LogP contribution in [0.4, 0.5) is 8.78 Å². The Hall–Kier alpha value is -3.01. The van der Waals surface area contributed by atoms with Crippen molar-refractivity contribution in [2.24, 2.45) is 0 Å². The Morgan fingerprint density at radius 3 is 2.49 bits per heavy atom. The number of hydrogen-bond acceptors (Lipinski definition) is 4. The van der Waals surface area contributed by atoms with Crippen LogP contribution in [0.25, 0.3) is 0 Å². The van der Waals surface area contributed by atoms with E-state index in [1.807, 2.05) is 0 Å². The first kappa shape index (κ1) is 27.0. The molecule has 2 unspecified atom stereocenters. The summed E-state index contributed by atoms with van der Waals surface area (Å²) in [6.07, 6.45) is 0.384. The van der Waals surface area contributed by atoms with E-state index in [4.69, 9.17) is 11.6 Å². The van der Waals surface area contributed by atoms with Crippen molar-refractivity contribution in [1.82, 2.24) is 15.0 Å². The van der Waals surface area contributed by atoms with E-state index in [2.05, 4.69) is 5.32 Å². The van der Waals surface area contributed by atoms with Gasteiger partial charge in [-0.1, -0.05) is 40.1 Å². The van der Waals surface area contributed by atoms with Crippen molar-refractivity contribution >= 4 is 91.0 Å². The van der Waals surface area contributed by atoms with Crippen LogP contribution in [0, 0.1) is 0 Å². The van der Waals surface area contributed by atoms with Crippen LogP contribution >= 0.6 is 11.6 Å². The molecular formula is C22H23B5ClF2N3O4. The Kier molecular flexibility index (Phi) is 7.09. The van der Waals surface area contributed by atoms with E-state index in [0.29, 0.717) is 27.2 Å². The largest absolute Gasteiger partial charge is 0.389 e. The standard InChI is InChI=1S/C22H23B5ClF2N3O4/c23-11-6-12(28)16(24)17(25)15(11)22(29,30)21(37)33(27)18(26)8-1-2-10-9(5-8)7-32(20(10)36)13-3-4-14(34)31-19(13)35/h1-2,5-6,13,18H,3-4,7,23-27H2,(H,31,34,35). The van der Waals surface area contributed by atoms with Crippen LogP contribution in [0.2, 0.25) is 5.02 Å². The van der Waals surface area contributed by atoms with Gasteiger partial charge < -0.3 is 9.71 Å². The van der Waals surface area contributed by atoms with Gasteiger partial charge in [-0.2, -0.15) is 8.78 Å². The van der Waals surface area contributed by atoms with Crippen molar-refractivity contribution < 1.29 is 28.0 Å². The molecule has 15 heteroatoms. The number of carbonyl (C=O) groups is 4. The van der Waals surface area contributed by atoms with Crippen molar-refractivity contribution in [3.05, 3.63) is 51.5 Å². The minimum absolute atomic E-state index is 0.145. The number of benzene rings is 2. The summed E-state index contributed by atoms with van der Waals surface area (Å²) in [5.41, 5.74) is 2.26. The molecule has 2 aromatic carbocycles. The van der Waals surface area contributed by atoms with Crippen LogP contribution in [0.5, 0.6) is 0 Å². The SMILES string of the molecule is Bc1cc(Cl)c(B)c(B)c1C(F)(F)C(=O)N(B)C(B)c1ccc2c(c1)CN(C1CCC(=O)NC1=O)C2=O. The second kappa shape index (κ2) is 9.70. The molecule has 0 bridgehead atoms. The molecule has 2 aliphatic heterocycles. The van der Waals surface area contributed by atoms with E-state index in [1.165, 1.54) is 34.6 Å². The summed E-state index contributed by atoms with van der Waals surface area (Å²) in [7, 11) is 7.63. The van der Waals surface area contributed by atoms with Gasteiger partial charge in [0.05, 0.1) is 0 Å². The Balaban J connectivity index is 1.57. The molecule has 0 radical (unpaired) electrons. The topological polar surface area (TPSA) is 86.8 Å². The molecule has 37 heavy (non-hydrogen) atoms. The molecule has 1 saturated heterocycles. The monoisotopic (exact) mass is 521 g/mol. The summed E-state index contributed by atoms with van der Waals surface area (Å²) in [6, 6.07) is 5.60. The summed E-state index contributed by atoms with van der Waals surface area (Å²) in [5, 5.41) is 2.62. The average molecular weight is 521 g/mol. The summed E-state index contributed by atoms with van der Waals surface area (Å²) >= 11 is 6.14. The predicted octanol–water partition coefficient (Wildman–Crippen LogP) is -4.32. The maximum Gasteiger partial charge on any atom is 0.347 e. The third-order valence-electron chi connectivity index (χ3n) is 7.55. The van der Waals surface area contributed by atoms with Gasteiger partial charge >= 0.3 is 5.92 Å². The number of imide groups is 1. The Morgan fingerprint density at radius 2 is 1.84 bits per heavy atom. The number of piperidine rings is 1. The molecule has 2 atom stereocenters. The predicted molar refractivity (Wildman–Crippen MR) is 149 cm³/mol. The molecule has 186 valence electrons. The number of hydrogen-bond donors (Lipinski definition) is 1. The fraction of sp³-hybridized carbons (Fsp3) is 0.273. The van der Waals surface area contributed by atoms with Gasteiger partial charge in [-0.05, 0) is 29.7 Å². The smallest absolute Gasteiger partial charge is 0.347 e. The van der Waals surface area contributed by atoms with Crippen molar-refractivity contribution in [1.29, 1.82) is 0 Å². The first-order valence-electron chi connectivity index (χ1n) is 11.9. The van der Waals surface area contributed by atoms with Crippen LogP contribution in [-0.4, -0.2) is 78.7 Å². The second-order valence-electron chi connectivity index (χ2n) is 9.78. The van der Waals surface area contributed by atoms with Crippen molar-refractivity contribution in [2.45, 2.75) is 37.3 Å². The fourth-order valence-electron chi connectivity index (χ4n) is 5.10. The van der Waals surface area contributed by atoms with Gasteiger partial charge in [-0.3, -0.25) is 24.5 Å². The zero-order valence-corrected chi connectivity index (χ0v) is 22.0. The highest BCUT2D eigenvalue weighted by Crippen LogP contribution is 2.33. The quantitative estimate of drug-likeness (QED) is 0.319. The number of fused-ring (bicyclic) bond motifs is 1. The number of carbonyl (C=O) groups excluding carboxylic acids is 4. The van der Waals surface area contributed by atoms with E-state index in [0.717, 1.165) is 4.81 Å². The van der Waals surface area contributed by atoms with E-state index in [-0.39, 0.29) is 47.7 Å². The molecule has 0 aliphatic carbocycles. The fourth-order valence-corrected chi connectivity index (χ4v) is 5.40. The van der Waals surface area contributed by atoms with Gasteiger partial charge in [-0.15, -0.1) is 0 Å². The molecule has 4 rings (SSSR count). The number of alkyl halides is 2. The lowest BCUT2D eigenvalue weighted by atomic mass is 9.71. The molecule has 2 aromatic rings. The molecule has 0 aromatic heterocycles. The van der Waals surface area contributed by atoms with E-state index >= 15 is 8.78 Å². The Morgan fingerprint density at radius 1 is 1.16 bits per heavy atom. The lowest BCUT2D eigenvalue weighted by Crippen LogP contribution is -2.52. The maximum atomic E-state index is 15.6. The van der Waals surface area contributed by atoms with Crippen LogP contribution in [0.15, 0.2) is 24.3 Å². The molecule has 7 nitrogen and oxygen atoms in total. The van der Waals surface area contributed by atoms with Gasteiger partial charge in [0.15, 0.2) is 0 Å².